The summed E-state index contributed by atoms with van der Waals surface area (Å²) in [6, 6.07) is -1.04. The number of nitrogens with one attached hydrogen (secondary N) is 1. The molecule has 1 saturated carbocycles. The molecule has 1 rings (SSSR count). The Bertz CT molecular complexity index is 290. The molecule has 0 aromatic carbocycles. The van der Waals surface area contributed by atoms with Crippen molar-refractivity contribution in [1.29, 1.82) is 0 Å². The second-order valence-corrected chi connectivity index (χ2v) is 5.16. The molecule has 0 spiro atoms. The zero-order valence-corrected chi connectivity index (χ0v) is 11.3. The van der Waals surface area contributed by atoms with Crippen LogP contribution in [0.25, 0.3) is 0 Å². The van der Waals surface area contributed by atoms with Gasteiger partial charge in [0.15, 0.2) is 0 Å². The second-order valence-electron chi connectivity index (χ2n) is 5.16. The Balaban J connectivity index is 2.36. The fourth-order valence-electron chi connectivity index (χ4n) is 2.07. The van der Waals surface area contributed by atoms with Crippen molar-refractivity contribution in [2.45, 2.75) is 51.5 Å². The average Bonchev–Trinajstić information content (AvgIpc) is 2.28. The Hall–Kier alpha value is -1.26. The summed E-state index contributed by atoms with van der Waals surface area (Å²) in [6.07, 6.45) is 5.83. The third-order valence-electron chi connectivity index (χ3n) is 3.55. The summed E-state index contributed by atoms with van der Waals surface area (Å²) in [7, 11) is 1.73. The van der Waals surface area contributed by atoms with E-state index in [4.69, 9.17) is 5.11 Å². The van der Waals surface area contributed by atoms with Crippen LogP contribution in [0, 0.1) is 5.92 Å². The van der Waals surface area contributed by atoms with Crippen molar-refractivity contribution in [2.75, 3.05) is 13.6 Å². The molecule has 0 heterocycles. The normalized spacial score (nSPS) is 16.8. The highest BCUT2D eigenvalue weighted by Gasteiger charge is 2.24. The molecule has 0 saturated heterocycles. The van der Waals surface area contributed by atoms with Crippen LogP contribution in [0.2, 0.25) is 0 Å². The predicted molar refractivity (Wildman–Crippen MR) is 69.5 cm³/mol. The van der Waals surface area contributed by atoms with Crippen LogP contribution in [0.3, 0.4) is 0 Å². The van der Waals surface area contributed by atoms with E-state index in [0.29, 0.717) is 12.3 Å². The van der Waals surface area contributed by atoms with E-state index >= 15 is 0 Å². The topological polar surface area (TPSA) is 69.6 Å². The molecule has 2 N–H and O–H groups in total. The lowest BCUT2D eigenvalue weighted by Gasteiger charge is -2.30. The highest BCUT2D eigenvalue weighted by molar-refractivity contribution is 5.82. The first-order chi connectivity index (χ1) is 8.54. The number of nitrogens with zero attached hydrogens (tertiary/aromatic N) is 1. The van der Waals surface area contributed by atoms with Crippen LogP contribution in [0.4, 0.5) is 4.79 Å². The molecule has 1 aliphatic carbocycles. The van der Waals surface area contributed by atoms with Crippen molar-refractivity contribution in [3.05, 3.63) is 0 Å². The predicted octanol–water partition coefficient (Wildman–Crippen LogP) is 2.07. The molecular formula is C13H24N2O3. The number of hydrogen-bond donors (Lipinski definition) is 2. The van der Waals surface area contributed by atoms with E-state index in [1.807, 2.05) is 6.92 Å². The average molecular weight is 256 g/mol. The molecule has 18 heavy (non-hydrogen) atoms. The van der Waals surface area contributed by atoms with Crippen LogP contribution >= 0.6 is 0 Å². The number of hydrogen-bond acceptors (Lipinski definition) is 2. The number of unbranched alkanes of at least 4 members (excludes halogenated alkanes) is 1. The number of rotatable bonds is 7. The monoisotopic (exact) mass is 256 g/mol. The number of carboxylic acids is 1. The van der Waals surface area contributed by atoms with Gasteiger partial charge in [0.1, 0.15) is 6.04 Å². The molecule has 1 fully saturated rings. The van der Waals surface area contributed by atoms with Gasteiger partial charge < -0.3 is 15.3 Å². The Kier molecular flexibility index (Phi) is 5.95. The summed E-state index contributed by atoms with van der Waals surface area (Å²) in [5.41, 5.74) is 0. The highest BCUT2D eigenvalue weighted by Crippen LogP contribution is 2.26. The minimum atomic E-state index is -0.950. The number of carbonyl (C=O) groups excluding carboxylic acids is 1. The van der Waals surface area contributed by atoms with Crippen molar-refractivity contribution in [3.8, 4) is 0 Å². The lowest BCUT2D eigenvalue weighted by atomic mass is 9.85. The molecular weight excluding hydrogens is 232 g/mol. The first kappa shape index (κ1) is 14.8. The van der Waals surface area contributed by atoms with Crippen molar-refractivity contribution in [2.24, 2.45) is 5.92 Å². The van der Waals surface area contributed by atoms with Gasteiger partial charge in [-0.15, -0.1) is 0 Å². The highest BCUT2D eigenvalue weighted by atomic mass is 16.4. The van der Waals surface area contributed by atoms with Crippen molar-refractivity contribution < 1.29 is 14.7 Å². The van der Waals surface area contributed by atoms with Crippen molar-refractivity contribution in [3.63, 3.8) is 0 Å². The van der Waals surface area contributed by atoms with Gasteiger partial charge in [0.2, 0.25) is 0 Å². The standard InChI is InChI=1S/C13H24N2O3/c1-3-4-8-11(12(16)17)14-13(18)15(2)9-10-6-5-7-10/h10-11H,3-9H2,1-2H3,(H,14,18)(H,16,17). The maximum absolute atomic E-state index is 11.8. The quantitative estimate of drug-likeness (QED) is 0.732. The fourth-order valence-corrected chi connectivity index (χ4v) is 2.07. The lowest BCUT2D eigenvalue weighted by molar-refractivity contribution is -0.139. The number of aliphatic carboxylic acids is 1. The SMILES string of the molecule is CCCCC(NC(=O)N(C)CC1CCC1)C(=O)O. The maximum Gasteiger partial charge on any atom is 0.326 e. The smallest absolute Gasteiger partial charge is 0.326 e. The van der Waals surface area contributed by atoms with E-state index in [2.05, 4.69) is 5.32 Å². The first-order valence-corrected chi connectivity index (χ1v) is 6.79. The summed E-state index contributed by atoms with van der Waals surface area (Å²) >= 11 is 0. The summed E-state index contributed by atoms with van der Waals surface area (Å²) in [4.78, 5) is 24.5. The Morgan fingerprint density at radius 3 is 2.56 bits per heavy atom. The van der Waals surface area contributed by atoms with Gasteiger partial charge in [-0.1, -0.05) is 26.2 Å². The Labute approximate surface area is 109 Å². The van der Waals surface area contributed by atoms with Crippen LogP contribution in [-0.2, 0) is 4.79 Å². The lowest BCUT2D eigenvalue weighted by Crippen LogP contribution is -2.48. The van der Waals surface area contributed by atoms with E-state index in [1.54, 1.807) is 11.9 Å². The third kappa shape index (κ3) is 4.55. The summed E-state index contributed by atoms with van der Waals surface area (Å²) in [6.45, 7) is 2.73. The summed E-state index contributed by atoms with van der Waals surface area (Å²) in [5, 5.41) is 11.6. The van der Waals surface area contributed by atoms with E-state index in [9.17, 15) is 9.59 Å². The van der Waals surface area contributed by atoms with E-state index in [-0.39, 0.29) is 6.03 Å². The number of amides is 2. The molecule has 1 aliphatic rings. The van der Waals surface area contributed by atoms with Gasteiger partial charge >= 0.3 is 12.0 Å². The van der Waals surface area contributed by atoms with Gasteiger partial charge in [-0.25, -0.2) is 9.59 Å². The zero-order valence-electron chi connectivity index (χ0n) is 11.3. The number of carbonyl (C=O) groups is 2. The van der Waals surface area contributed by atoms with E-state index < -0.39 is 12.0 Å². The van der Waals surface area contributed by atoms with Gasteiger partial charge in [0.05, 0.1) is 0 Å². The molecule has 1 unspecified atom stereocenters. The largest absolute Gasteiger partial charge is 0.480 e. The van der Waals surface area contributed by atoms with Gasteiger partial charge in [0, 0.05) is 13.6 Å². The van der Waals surface area contributed by atoms with E-state index in [1.165, 1.54) is 19.3 Å². The van der Waals surface area contributed by atoms with E-state index in [0.717, 1.165) is 19.4 Å². The fraction of sp³-hybridized carbons (Fsp3) is 0.846. The maximum atomic E-state index is 11.8. The molecule has 5 heteroatoms. The van der Waals surface area contributed by atoms with Gasteiger partial charge in [-0.3, -0.25) is 0 Å². The molecule has 1 atom stereocenters. The molecule has 0 radical (unpaired) electrons. The van der Waals surface area contributed by atoms with Crippen LogP contribution in [0.1, 0.15) is 45.4 Å². The molecule has 104 valence electrons. The van der Waals surface area contributed by atoms with Gasteiger partial charge in [-0.2, -0.15) is 0 Å². The minimum absolute atomic E-state index is 0.273. The van der Waals surface area contributed by atoms with Crippen LogP contribution in [0.5, 0.6) is 0 Å². The van der Waals surface area contributed by atoms with Crippen LogP contribution in [0.15, 0.2) is 0 Å². The molecule has 0 aliphatic heterocycles. The molecule has 5 nitrogen and oxygen atoms in total. The molecule has 0 bridgehead atoms. The molecule has 2 amide bonds. The van der Waals surface area contributed by atoms with Crippen LogP contribution in [-0.4, -0.2) is 41.6 Å². The van der Waals surface area contributed by atoms with Gasteiger partial charge in [-0.05, 0) is 25.2 Å². The first-order valence-electron chi connectivity index (χ1n) is 6.79. The summed E-state index contributed by atoms with van der Waals surface area (Å²) in [5.74, 6) is -0.353. The number of carboxylic acid groups (broad SMARTS) is 1. The van der Waals surface area contributed by atoms with Crippen molar-refractivity contribution >= 4 is 12.0 Å². The second kappa shape index (κ2) is 7.24. The van der Waals surface area contributed by atoms with Crippen molar-refractivity contribution in [1.82, 2.24) is 10.2 Å². The van der Waals surface area contributed by atoms with Gasteiger partial charge in [0.25, 0.3) is 0 Å². The minimum Gasteiger partial charge on any atom is -0.480 e. The number of urea groups is 1. The molecule has 0 aromatic rings. The summed E-state index contributed by atoms with van der Waals surface area (Å²) < 4.78 is 0. The third-order valence-corrected chi connectivity index (χ3v) is 3.55. The molecule has 0 aromatic heterocycles. The Morgan fingerprint density at radius 1 is 1.44 bits per heavy atom. The Morgan fingerprint density at radius 2 is 2.11 bits per heavy atom. The zero-order chi connectivity index (χ0) is 13.5. The van der Waals surface area contributed by atoms with Crippen LogP contribution < -0.4 is 5.32 Å².